The van der Waals surface area contributed by atoms with Gasteiger partial charge in [0, 0.05) is 17.6 Å². The molecule has 1 aromatic heterocycles. The van der Waals surface area contributed by atoms with Gasteiger partial charge in [-0.05, 0) is 18.6 Å². The van der Waals surface area contributed by atoms with Crippen LogP contribution in [0.2, 0.25) is 0 Å². The van der Waals surface area contributed by atoms with Crippen LogP contribution in [0.3, 0.4) is 0 Å². The van der Waals surface area contributed by atoms with E-state index in [0.717, 1.165) is 16.1 Å². The van der Waals surface area contributed by atoms with Crippen LogP contribution in [0, 0.1) is 6.92 Å². The van der Waals surface area contributed by atoms with Crippen LogP contribution < -0.4 is 16.3 Å². The minimum absolute atomic E-state index is 0.792. The van der Waals surface area contributed by atoms with E-state index >= 15 is 0 Å². The Morgan fingerprint density at radius 3 is 2.92 bits per heavy atom. The lowest BCUT2D eigenvalue weighted by atomic mass is 10.2. The molecule has 0 aliphatic rings. The number of allylic oxidation sites excluding steroid dienone is 1. The molecule has 1 heterocycles. The third-order valence-electron chi connectivity index (χ3n) is 1.54. The van der Waals surface area contributed by atoms with Crippen LogP contribution in [0.4, 0.5) is 0 Å². The molecule has 0 atom stereocenters. The molecule has 1 aromatic rings. The number of rotatable bonds is 1. The number of nitrogens with zero attached hydrogens (tertiary/aromatic N) is 1. The third kappa shape index (κ3) is 1.72. The zero-order valence-corrected chi connectivity index (χ0v) is 7.12. The average Bonchev–Trinajstić information content (AvgIpc) is 2.05. The predicted molar refractivity (Wildman–Crippen MR) is 51.5 cm³/mol. The van der Waals surface area contributed by atoms with E-state index in [9.17, 15) is 0 Å². The van der Waals surface area contributed by atoms with Gasteiger partial charge in [-0.25, -0.2) is 0 Å². The second-order valence-corrected chi connectivity index (χ2v) is 2.56. The van der Waals surface area contributed by atoms with Crippen molar-refractivity contribution < 1.29 is 0 Å². The SMILES string of the molecule is C=C/C=c1/cc(C)cn/c1=C/N. The summed E-state index contributed by atoms with van der Waals surface area (Å²) in [7, 11) is 0. The van der Waals surface area contributed by atoms with Crippen molar-refractivity contribution in [3.05, 3.63) is 41.0 Å². The minimum atomic E-state index is 0.792. The summed E-state index contributed by atoms with van der Waals surface area (Å²) in [5.74, 6) is 0. The normalized spacial score (nSPS) is 13.4. The first kappa shape index (κ1) is 8.53. The van der Waals surface area contributed by atoms with Crippen molar-refractivity contribution in [2.24, 2.45) is 5.73 Å². The molecule has 2 N–H and O–H groups in total. The molecule has 12 heavy (non-hydrogen) atoms. The zero-order chi connectivity index (χ0) is 8.97. The first-order valence-corrected chi connectivity index (χ1v) is 3.75. The van der Waals surface area contributed by atoms with Crippen molar-refractivity contribution in [2.45, 2.75) is 6.92 Å². The summed E-state index contributed by atoms with van der Waals surface area (Å²) < 4.78 is 0. The van der Waals surface area contributed by atoms with Crippen molar-refractivity contribution in [1.82, 2.24) is 4.98 Å². The number of aromatic nitrogens is 1. The molecule has 0 unspecified atom stereocenters. The Bertz CT molecular complexity index is 391. The molecule has 62 valence electrons. The van der Waals surface area contributed by atoms with E-state index in [2.05, 4.69) is 11.6 Å². The topological polar surface area (TPSA) is 38.9 Å². The van der Waals surface area contributed by atoms with Gasteiger partial charge in [0.1, 0.15) is 0 Å². The van der Waals surface area contributed by atoms with Crippen LogP contribution in [0.5, 0.6) is 0 Å². The Morgan fingerprint density at radius 2 is 2.33 bits per heavy atom. The molecule has 1 rings (SSSR count). The summed E-state index contributed by atoms with van der Waals surface area (Å²) in [5, 5.41) is 1.80. The standard InChI is InChI=1S/C10H12N2/c1-3-4-9-5-8(2)7-12-10(9)6-11/h3-7H,1,11H2,2H3/b9-4-,10-6+. The summed E-state index contributed by atoms with van der Waals surface area (Å²) in [6.45, 7) is 5.62. The van der Waals surface area contributed by atoms with E-state index in [0.29, 0.717) is 0 Å². The summed E-state index contributed by atoms with van der Waals surface area (Å²) in [5.41, 5.74) is 6.51. The molecule has 2 nitrogen and oxygen atoms in total. The molecule has 0 fully saturated rings. The summed E-state index contributed by atoms with van der Waals surface area (Å²) in [6.07, 6.45) is 6.90. The quantitative estimate of drug-likeness (QED) is 0.630. The Kier molecular flexibility index (Phi) is 2.64. The van der Waals surface area contributed by atoms with Crippen molar-refractivity contribution >= 4 is 12.3 Å². The predicted octanol–water partition coefficient (Wildman–Crippen LogP) is 0.0532. The largest absolute Gasteiger partial charge is 0.403 e. The van der Waals surface area contributed by atoms with Gasteiger partial charge in [0.05, 0.1) is 5.35 Å². The first-order valence-electron chi connectivity index (χ1n) is 3.75. The van der Waals surface area contributed by atoms with Gasteiger partial charge in [-0.15, -0.1) is 0 Å². The van der Waals surface area contributed by atoms with Crippen molar-refractivity contribution in [3.8, 4) is 0 Å². The third-order valence-corrected chi connectivity index (χ3v) is 1.54. The maximum absolute atomic E-state index is 5.39. The van der Waals surface area contributed by atoms with Gasteiger partial charge in [-0.1, -0.05) is 18.7 Å². The average molecular weight is 160 g/mol. The molecule has 0 saturated carbocycles. The van der Waals surface area contributed by atoms with Gasteiger partial charge < -0.3 is 5.73 Å². The second-order valence-electron chi connectivity index (χ2n) is 2.56. The van der Waals surface area contributed by atoms with Crippen molar-refractivity contribution in [2.75, 3.05) is 0 Å². The fourth-order valence-corrected chi connectivity index (χ4v) is 1.00. The van der Waals surface area contributed by atoms with Crippen LogP contribution in [0.15, 0.2) is 24.9 Å². The molecular formula is C10H12N2. The molecule has 0 aliphatic carbocycles. The number of pyridine rings is 1. The van der Waals surface area contributed by atoms with E-state index < -0.39 is 0 Å². The highest BCUT2D eigenvalue weighted by Gasteiger charge is 1.86. The van der Waals surface area contributed by atoms with E-state index in [1.165, 1.54) is 6.20 Å². The highest BCUT2D eigenvalue weighted by atomic mass is 14.7. The summed E-state index contributed by atoms with van der Waals surface area (Å²) in [6, 6.07) is 2.02. The van der Waals surface area contributed by atoms with Gasteiger partial charge in [0.2, 0.25) is 0 Å². The Hall–Kier alpha value is -1.57. The minimum Gasteiger partial charge on any atom is -0.403 e. The molecule has 0 amide bonds. The van der Waals surface area contributed by atoms with E-state index in [1.807, 2.05) is 19.1 Å². The number of aryl methyl sites for hydroxylation is 1. The highest BCUT2D eigenvalue weighted by molar-refractivity contribution is 5.37. The van der Waals surface area contributed by atoms with Crippen molar-refractivity contribution in [1.29, 1.82) is 0 Å². The number of nitrogens with two attached hydrogens (primary N) is 1. The van der Waals surface area contributed by atoms with E-state index in [4.69, 9.17) is 5.73 Å². The van der Waals surface area contributed by atoms with E-state index in [1.54, 1.807) is 12.3 Å². The van der Waals surface area contributed by atoms with Gasteiger partial charge in [-0.2, -0.15) is 0 Å². The highest BCUT2D eigenvalue weighted by Crippen LogP contribution is 1.82. The van der Waals surface area contributed by atoms with Crippen LogP contribution in [0.25, 0.3) is 12.3 Å². The molecule has 0 aliphatic heterocycles. The molecule has 0 spiro atoms. The van der Waals surface area contributed by atoms with Crippen LogP contribution in [-0.4, -0.2) is 4.98 Å². The van der Waals surface area contributed by atoms with Gasteiger partial charge >= 0.3 is 0 Å². The van der Waals surface area contributed by atoms with Crippen LogP contribution >= 0.6 is 0 Å². The monoisotopic (exact) mass is 160 g/mol. The fraction of sp³-hybridized carbons (Fsp3) is 0.100. The first-order chi connectivity index (χ1) is 5.77. The molecule has 0 saturated heterocycles. The Labute approximate surface area is 71.7 Å². The molecule has 0 bridgehead atoms. The van der Waals surface area contributed by atoms with Gasteiger partial charge in [0.25, 0.3) is 0 Å². The molecule has 0 radical (unpaired) electrons. The van der Waals surface area contributed by atoms with Gasteiger partial charge in [-0.3, -0.25) is 4.98 Å². The maximum Gasteiger partial charge on any atom is 0.0856 e. The fourth-order valence-electron chi connectivity index (χ4n) is 1.00. The van der Waals surface area contributed by atoms with Crippen LogP contribution in [-0.2, 0) is 0 Å². The molecule has 0 aromatic carbocycles. The van der Waals surface area contributed by atoms with Crippen molar-refractivity contribution in [3.63, 3.8) is 0 Å². The smallest absolute Gasteiger partial charge is 0.0856 e. The molecular weight excluding hydrogens is 148 g/mol. The zero-order valence-electron chi connectivity index (χ0n) is 7.12. The number of hydrogen-bond donors (Lipinski definition) is 1. The Balaban J connectivity index is 3.53. The summed E-state index contributed by atoms with van der Waals surface area (Å²) in [4.78, 5) is 4.16. The van der Waals surface area contributed by atoms with Gasteiger partial charge in [0.15, 0.2) is 0 Å². The maximum atomic E-state index is 5.39. The summed E-state index contributed by atoms with van der Waals surface area (Å²) >= 11 is 0. The number of hydrogen-bond acceptors (Lipinski definition) is 2. The second kappa shape index (κ2) is 3.72. The lowest BCUT2D eigenvalue weighted by molar-refractivity contribution is 1.18. The lowest BCUT2D eigenvalue weighted by Gasteiger charge is -1.91. The Morgan fingerprint density at radius 1 is 1.58 bits per heavy atom. The molecule has 2 heteroatoms. The van der Waals surface area contributed by atoms with E-state index in [-0.39, 0.29) is 0 Å². The van der Waals surface area contributed by atoms with Crippen LogP contribution in [0.1, 0.15) is 5.56 Å². The lowest BCUT2D eigenvalue weighted by Crippen LogP contribution is -2.29.